The third-order valence-corrected chi connectivity index (χ3v) is 4.47. The Morgan fingerprint density at radius 2 is 1.84 bits per heavy atom. The molecular weight excluding hydrogens is 234 g/mol. The van der Waals surface area contributed by atoms with Gasteiger partial charge < -0.3 is 5.32 Å². The fourth-order valence-corrected chi connectivity index (χ4v) is 3.99. The average Bonchev–Trinajstić information content (AvgIpc) is 2.56. The van der Waals surface area contributed by atoms with E-state index in [1.165, 1.54) is 22.4 Å². The molecule has 3 rings (SSSR count). The Hall–Kier alpha value is -1.51. The summed E-state index contributed by atoms with van der Waals surface area (Å²) in [5.41, 5.74) is 6.68. The van der Waals surface area contributed by atoms with Gasteiger partial charge >= 0.3 is 0 Å². The molecule has 0 aromatic carbocycles. The highest BCUT2D eigenvalue weighted by molar-refractivity contribution is 5.66. The molecule has 0 radical (unpaired) electrons. The second-order valence-electron chi connectivity index (χ2n) is 7.30. The van der Waals surface area contributed by atoms with Crippen LogP contribution in [0.5, 0.6) is 0 Å². The molecule has 1 aromatic rings. The largest absolute Gasteiger partial charge is 0.342 e. The molecule has 3 nitrogen and oxygen atoms in total. The van der Waals surface area contributed by atoms with Crippen LogP contribution in [0.25, 0.3) is 0 Å². The lowest BCUT2D eigenvalue weighted by atomic mass is 9.64. The first-order valence-electron chi connectivity index (χ1n) is 6.96. The topological polar surface area (TPSA) is 40.7 Å². The van der Waals surface area contributed by atoms with Gasteiger partial charge in [0, 0.05) is 22.4 Å². The number of aromatic nitrogens is 2. The fraction of sp³-hybridized carbons (Fsp3) is 0.562. The van der Waals surface area contributed by atoms with E-state index in [0.29, 0.717) is 0 Å². The number of anilines is 1. The molecule has 3 heteroatoms. The highest BCUT2D eigenvalue weighted by atomic mass is 15.2. The van der Waals surface area contributed by atoms with Crippen LogP contribution >= 0.6 is 0 Å². The monoisotopic (exact) mass is 257 g/mol. The van der Waals surface area contributed by atoms with Crippen LogP contribution in [-0.2, 0) is 5.41 Å². The molecule has 19 heavy (non-hydrogen) atoms. The summed E-state index contributed by atoms with van der Waals surface area (Å²) in [5.74, 6) is 0.992. The van der Waals surface area contributed by atoms with Crippen molar-refractivity contribution in [2.75, 3.05) is 5.32 Å². The molecule has 0 saturated heterocycles. The molecule has 2 aliphatic rings. The van der Waals surface area contributed by atoms with Crippen molar-refractivity contribution in [2.24, 2.45) is 5.41 Å². The van der Waals surface area contributed by atoms with Gasteiger partial charge in [-0.2, -0.15) is 5.10 Å². The number of hydrogen-bond donors (Lipinski definition) is 2. The van der Waals surface area contributed by atoms with Crippen molar-refractivity contribution in [3.05, 3.63) is 34.7 Å². The first-order valence-corrected chi connectivity index (χ1v) is 6.96. The zero-order chi connectivity index (χ0) is 14.0. The molecule has 0 atom stereocenters. The second-order valence-corrected chi connectivity index (χ2v) is 7.30. The summed E-state index contributed by atoms with van der Waals surface area (Å²) in [6.45, 7) is 15.6. The molecular formula is C16H23N3. The highest BCUT2D eigenvalue weighted by Crippen LogP contribution is 2.52. The molecule has 2 N–H and O–H groups in total. The Bertz CT molecular complexity index is 600. The molecule has 0 saturated carbocycles. The van der Waals surface area contributed by atoms with E-state index >= 15 is 0 Å². The minimum absolute atomic E-state index is 0.0133. The molecule has 0 spiro atoms. The molecule has 1 aliphatic carbocycles. The lowest BCUT2D eigenvalue weighted by Crippen LogP contribution is -2.35. The van der Waals surface area contributed by atoms with Crippen LogP contribution in [-0.4, -0.2) is 10.2 Å². The summed E-state index contributed by atoms with van der Waals surface area (Å²) in [4.78, 5) is 0. The number of rotatable bonds is 0. The predicted octanol–water partition coefficient (Wildman–Crippen LogP) is 4.05. The van der Waals surface area contributed by atoms with Crippen molar-refractivity contribution in [1.82, 2.24) is 10.2 Å². The Labute approximate surface area is 115 Å². The van der Waals surface area contributed by atoms with Crippen molar-refractivity contribution in [1.29, 1.82) is 0 Å². The van der Waals surface area contributed by atoms with Crippen LogP contribution in [0.15, 0.2) is 23.4 Å². The van der Waals surface area contributed by atoms with Gasteiger partial charge in [0.2, 0.25) is 0 Å². The Morgan fingerprint density at radius 1 is 1.16 bits per heavy atom. The number of nitrogens with one attached hydrogen (secondary N) is 2. The van der Waals surface area contributed by atoms with E-state index < -0.39 is 0 Å². The van der Waals surface area contributed by atoms with E-state index in [1.54, 1.807) is 0 Å². The maximum atomic E-state index is 4.42. The third kappa shape index (κ3) is 1.67. The van der Waals surface area contributed by atoms with Gasteiger partial charge in [-0.3, -0.25) is 5.10 Å². The van der Waals surface area contributed by atoms with Crippen molar-refractivity contribution in [3.63, 3.8) is 0 Å². The second kappa shape index (κ2) is 3.53. The lowest BCUT2D eigenvalue weighted by Gasteiger charge is -2.44. The smallest absolute Gasteiger partial charge is 0.156 e. The summed E-state index contributed by atoms with van der Waals surface area (Å²) in [6, 6.07) is 0. The van der Waals surface area contributed by atoms with E-state index in [9.17, 15) is 0 Å². The predicted molar refractivity (Wildman–Crippen MR) is 79.2 cm³/mol. The zero-order valence-corrected chi connectivity index (χ0v) is 12.6. The molecule has 0 amide bonds. The van der Waals surface area contributed by atoms with Gasteiger partial charge in [0.25, 0.3) is 0 Å². The van der Waals surface area contributed by atoms with Gasteiger partial charge in [0.15, 0.2) is 5.82 Å². The summed E-state index contributed by atoms with van der Waals surface area (Å²) in [5, 5.41) is 11.1. The van der Waals surface area contributed by atoms with Crippen LogP contribution in [0, 0.1) is 12.3 Å². The number of nitrogens with zero attached hydrogens (tertiary/aromatic N) is 1. The van der Waals surface area contributed by atoms with Crippen LogP contribution in [0.4, 0.5) is 5.82 Å². The van der Waals surface area contributed by atoms with Crippen LogP contribution in [0.3, 0.4) is 0 Å². The minimum Gasteiger partial charge on any atom is -0.342 e. The summed E-state index contributed by atoms with van der Waals surface area (Å²) < 4.78 is 0. The fourth-order valence-electron chi connectivity index (χ4n) is 3.99. The molecule has 1 aliphatic heterocycles. The standard InChI is InChI=1S/C16H23N3/c1-9-7-15(3,4)8-11-12(9)16(5,6)13-10(2)18-19-14(13)17-11/h1,7-8H2,2-6H3,(H2,17,18,19). The van der Waals surface area contributed by atoms with Gasteiger partial charge in [0.05, 0.1) is 0 Å². The Balaban J connectivity index is 2.19. The van der Waals surface area contributed by atoms with Crippen molar-refractivity contribution >= 4 is 5.82 Å². The van der Waals surface area contributed by atoms with Gasteiger partial charge in [-0.15, -0.1) is 0 Å². The molecule has 102 valence electrons. The van der Waals surface area contributed by atoms with Gasteiger partial charge in [-0.1, -0.05) is 34.3 Å². The first-order chi connectivity index (χ1) is 8.72. The van der Waals surface area contributed by atoms with E-state index in [1.807, 2.05) is 0 Å². The number of aromatic amines is 1. The summed E-state index contributed by atoms with van der Waals surface area (Å²) >= 11 is 0. The summed E-state index contributed by atoms with van der Waals surface area (Å²) in [7, 11) is 0. The van der Waals surface area contributed by atoms with Crippen molar-refractivity contribution < 1.29 is 0 Å². The van der Waals surface area contributed by atoms with Gasteiger partial charge in [-0.05, 0) is 36.3 Å². The number of H-pyrrole nitrogens is 1. The molecule has 0 bridgehead atoms. The molecule has 1 aromatic heterocycles. The third-order valence-electron chi connectivity index (χ3n) is 4.47. The number of allylic oxidation sites excluding steroid dienone is 3. The normalized spacial score (nSPS) is 23.7. The molecule has 0 fully saturated rings. The van der Waals surface area contributed by atoms with Crippen LogP contribution < -0.4 is 5.32 Å². The zero-order valence-electron chi connectivity index (χ0n) is 12.6. The molecule has 0 unspecified atom stereocenters. The van der Waals surface area contributed by atoms with Crippen molar-refractivity contribution in [3.8, 4) is 0 Å². The van der Waals surface area contributed by atoms with E-state index in [2.05, 4.69) is 56.7 Å². The SMILES string of the molecule is C=C1CC(C)(C)CC2=C1C(C)(C)c1c(n[nH]c1C)N2. The lowest BCUT2D eigenvalue weighted by molar-refractivity contribution is 0.338. The van der Waals surface area contributed by atoms with Crippen LogP contribution in [0.2, 0.25) is 0 Å². The van der Waals surface area contributed by atoms with E-state index in [0.717, 1.165) is 24.4 Å². The van der Waals surface area contributed by atoms with E-state index in [4.69, 9.17) is 0 Å². The number of fused-ring (bicyclic) bond motifs is 1. The minimum atomic E-state index is -0.0133. The molecule has 2 heterocycles. The first kappa shape index (κ1) is 12.5. The Kier molecular flexibility index (Phi) is 2.32. The maximum absolute atomic E-state index is 4.42. The number of aryl methyl sites for hydroxylation is 1. The summed E-state index contributed by atoms with van der Waals surface area (Å²) in [6.07, 6.45) is 2.14. The van der Waals surface area contributed by atoms with E-state index in [-0.39, 0.29) is 10.8 Å². The van der Waals surface area contributed by atoms with Crippen LogP contribution in [0.1, 0.15) is 51.8 Å². The average molecular weight is 257 g/mol. The highest BCUT2D eigenvalue weighted by Gasteiger charge is 2.43. The maximum Gasteiger partial charge on any atom is 0.156 e. The Morgan fingerprint density at radius 3 is 2.53 bits per heavy atom. The quantitative estimate of drug-likeness (QED) is 0.736. The number of hydrogen-bond acceptors (Lipinski definition) is 2. The van der Waals surface area contributed by atoms with Crippen molar-refractivity contribution in [2.45, 2.75) is 52.9 Å². The van der Waals surface area contributed by atoms with Gasteiger partial charge in [0.1, 0.15) is 0 Å². The van der Waals surface area contributed by atoms with Gasteiger partial charge in [-0.25, -0.2) is 0 Å².